The molecule has 4 heterocycles. The van der Waals surface area contributed by atoms with Gasteiger partial charge in [-0.1, -0.05) is 12.1 Å². The number of rotatable bonds is 18. The number of fused-ring (bicyclic) bond motifs is 1. The van der Waals surface area contributed by atoms with Crippen molar-refractivity contribution in [1.82, 2.24) is 0 Å². The molecule has 3 saturated heterocycles. The number of phenolic OH excluding ortho intramolecular Hbond substituents is 3. The van der Waals surface area contributed by atoms with E-state index in [-0.39, 0.29) is 62.9 Å². The Morgan fingerprint density at radius 1 is 0.582 bits per heavy atom. The Bertz CT molecular complexity index is 2990. The van der Waals surface area contributed by atoms with Crippen molar-refractivity contribution in [2.24, 2.45) is 0 Å². The van der Waals surface area contributed by atoms with E-state index < -0.39 is 129 Å². The molecule has 0 aromatic heterocycles. The van der Waals surface area contributed by atoms with Crippen LogP contribution in [0.15, 0.2) is 100 Å². The van der Waals surface area contributed by atoms with Gasteiger partial charge in [0.1, 0.15) is 91.0 Å². The molecule has 0 saturated carbocycles. The lowest BCUT2D eigenvalue weighted by atomic mass is 9.97. The fourth-order valence-electron chi connectivity index (χ4n) is 8.53. The second kappa shape index (κ2) is 25.1. The predicted molar refractivity (Wildman–Crippen MR) is 267 cm³/mol. The lowest BCUT2D eigenvalue weighted by Gasteiger charge is -2.45. The lowest BCUT2D eigenvalue weighted by Crippen LogP contribution is -2.65. The summed E-state index contributed by atoms with van der Waals surface area (Å²) in [6.07, 6.45) is -23.4. The molecule has 424 valence electrons. The molecule has 3 aromatic rings. The van der Waals surface area contributed by atoms with Gasteiger partial charge in [-0.05, 0) is 77.9 Å². The number of esters is 2. The van der Waals surface area contributed by atoms with E-state index in [9.17, 15) is 75.7 Å². The maximum absolute atomic E-state index is 13.2. The van der Waals surface area contributed by atoms with Crippen molar-refractivity contribution in [3.8, 4) is 62.9 Å². The Labute approximate surface area is 447 Å². The minimum absolute atomic E-state index is 0.102. The molecule has 3 aromatic carbocycles. The Balaban J connectivity index is 1.11. The number of phenols is 3. The van der Waals surface area contributed by atoms with Crippen LogP contribution in [0.25, 0.3) is 34.8 Å². The van der Waals surface area contributed by atoms with Crippen molar-refractivity contribution in [3.05, 3.63) is 112 Å². The average molecular weight is 1110 g/mol. The van der Waals surface area contributed by atoms with Crippen LogP contribution < -0.4 is 24.4 Å². The standard InChI is InChI=1S/C53H56O26/c1-69-33-15-23(3-11-29(33)57)5-13-39(59)71-21-37-42(62)45(65)48(68)52(77-37)79-50-46(66)43(63)38(22-72-40(60)14-6-24-4-12-30(58)34(16-24)70-2)78-53(50)75-35-19-28-31(73-49(35)25-7-9-26(55)10-8-25)17-27(56)18-32(28)74-51-47(67)44(64)41(61)36(20-54)76-51/h3-19,36-38,41-48,50-55,57-58,61-68H,20-22H2,1-2H3/p+1/t36-,37+,38-,41-,42-,43-,44+,45+,46+,47-,48+,50-,51-,52+,53-/m1/s1. The maximum atomic E-state index is 13.2. The molecule has 3 fully saturated rings. The fraction of sp³-hybridized carbons (Fsp3) is 0.377. The summed E-state index contributed by atoms with van der Waals surface area (Å²) in [5.41, 5.74) is 0.242. The van der Waals surface area contributed by atoms with Crippen molar-refractivity contribution >= 4 is 24.1 Å². The summed E-state index contributed by atoms with van der Waals surface area (Å²) in [7, 11) is 2.67. The Morgan fingerprint density at radius 3 is 1.75 bits per heavy atom. The summed E-state index contributed by atoms with van der Waals surface area (Å²) < 4.78 is 63.2. The van der Waals surface area contributed by atoms with Crippen LogP contribution in [0, 0.1) is 0 Å². The van der Waals surface area contributed by atoms with Crippen molar-refractivity contribution in [1.29, 1.82) is 0 Å². The normalized spacial score (nSPS) is 29.1. The summed E-state index contributed by atoms with van der Waals surface area (Å²) in [5.74, 6) is -3.03. The van der Waals surface area contributed by atoms with Crippen molar-refractivity contribution < 1.29 is 123 Å². The smallest absolute Gasteiger partial charge is 0.508 e. The third-order valence-electron chi connectivity index (χ3n) is 12.9. The second-order valence-electron chi connectivity index (χ2n) is 18.2. The zero-order valence-electron chi connectivity index (χ0n) is 41.7. The minimum Gasteiger partial charge on any atom is -0.508 e. The maximum Gasteiger partial charge on any atom is 0.510 e. The number of benzene rings is 4. The van der Waals surface area contributed by atoms with Crippen molar-refractivity contribution in [2.45, 2.75) is 92.1 Å². The number of carbonyl (C=O) groups excluding carboxylic acids is 2. The average Bonchev–Trinajstić information content (AvgIpc) is 3.55. The van der Waals surface area contributed by atoms with Crippen molar-refractivity contribution in [2.75, 3.05) is 34.0 Å². The second-order valence-corrected chi connectivity index (χ2v) is 18.2. The van der Waals surface area contributed by atoms with Crippen LogP contribution in [-0.4, -0.2) is 204 Å². The Morgan fingerprint density at radius 2 is 1.13 bits per heavy atom. The molecule has 0 unspecified atom stereocenters. The fourth-order valence-corrected chi connectivity index (χ4v) is 8.53. The summed E-state index contributed by atoms with van der Waals surface area (Å²) >= 11 is 0. The molecule has 8 rings (SSSR count). The topological polar surface area (TPSA) is 404 Å². The summed E-state index contributed by atoms with van der Waals surface area (Å²) in [5, 5.41) is 128. The van der Waals surface area contributed by atoms with Gasteiger partial charge in [0.2, 0.25) is 19.2 Å². The summed E-state index contributed by atoms with van der Waals surface area (Å²) in [6, 6.07) is 17.1. The number of aliphatic hydroxyl groups excluding tert-OH is 9. The van der Waals surface area contributed by atoms with Crippen LogP contribution in [0.3, 0.4) is 0 Å². The number of ether oxygens (including phenoxy) is 10. The van der Waals surface area contributed by atoms with E-state index >= 15 is 0 Å². The molecular formula is C53H57O26+. The quantitative estimate of drug-likeness (QED) is 0.0291. The highest BCUT2D eigenvalue weighted by Crippen LogP contribution is 2.44. The Kier molecular flexibility index (Phi) is 18.4. The zero-order chi connectivity index (χ0) is 56.8. The molecule has 4 aliphatic heterocycles. The molecule has 5 aliphatic rings. The van der Waals surface area contributed by atoms with Gasteiger partial charge in [0.05, 0.1) is 32.5 Å². The molecule has 15 atom stereocenters. The van der Waals surface area contributed by atoms with E-state index in [1.807, 2.05) is 0 Å². The van der Waals surface area contributed by atoms with E-state index in [0.717, 1.165) is 24.3 Å². The minimum atomic E-state index is -2.12. The van der Waals surface area contributed by atoms with Crippen LogP contribution >= 0.6 is 0 Å². The van der Waals surface area contributed by atoms with Gasteiger partial charge in [-0.2, -0.15) is 0 Å². The highest BCUT2D eigenvalue weighted by molar-refractivity contribution is 5.88. The monoisotopic (exact) mass is 1110 g/mol. The molecule has 26 nitrogen and oxygen atoms in total. The zero-order valence-corrected chi connectivity index (χ0v) is 41.7. The molecule has 1 aliphatic carbocycles. The molecule has 26 heteroatoms. The number of aromatic hydroxyl groups is 3. The SMILES string of the molecule is COc1cc(C=CC(=O)OC[C@H]2O[C@@H](Oc3cc4c(O[C@@H]5O[C@H](CO)[C@@H](O)[C@H](O)[C@H]5O)cc(=O)cc-4oc3-c3ccc(O)cc3)[C@H](O[C@@H]3O[C@@H](COC(=[OH+])C=Cc4ccc(O)c(OC)c4)[C@@H](O)[C@H](O)[C@@H]3O)[C@@H](O)[C@@H]2O)ccc1O. The van der Waals surface area contributed by atoms with Gasteiger partial charge in [0.25, 0.3) is 0 Å². The third kappa shape index (κ3) is 13.2. The number of carbonyl (C=O) groups is 1. The predicted octanol–water partition coefficient (Wildman–Crippen LogP) is -0.768. The van der Waals surface area contributed by atoms with Crippen LogP contribution in [0.2, 0.25) is 0 Å². The van der Waals surface area contributed by atoms with E-state index in [1.54, 1.807) is 0 Å². The molecule has 0 spiro atoms. The first-order valence-corrected chi connectivity index (χ1v) is 24.1. The first-order valence-electron chi connectivity index (χ1n) is 24.1. The van der Waals surface area contributed by atoms with Gasteiger partial charge in [-0.3, -0.25) is 4.79 Å². The van der Waals surface area contributed by atoms with E-state index in [2.05, 4.69) is 0 Å². The van der Waals surface area contributed by atoms with Gasteiger partial charge in [0.15, 0.2) is 52.3 Å². The first kappa shape index (κ1) is 57.8. The number of aliphatic hydroxyl groups is 9. The van der Waals surface area contributed by atoms with Crippen LogP contribution in [0.4, 0.5) is 0 Å². The molecule has 0 radical (unpaired) electrons. The third-order valence-corrected chi connectivity index (χ3v) is 12.9. The van der Waals surface area contributed by atoms with E-state index in [4.69, 9.17) is 51.8 Å². The Hall–Kier alpha value is -7.41. The van der Waals surface area contributed by atoms with Gasteiger partial charge >= 0.3 is 11.9 Å². The van der Waals surface area contributed by atoms with E-state index in [1.165, 1.54) is 93.1 Å². The van der Waals surface area contributed by atoms with Crippen LogP contribution in [-0.2, 0) is 33.2 Å². The lowest BCUT2D eigenvalue weighted by molar-refractivity contribution is -0.357. The number of methoxy groups -OCH3 is 2. The molecule has 13 N–H and O–H groups in total. The number of hydrogen-bond acceptors (Lipinski definition) is 25. The van der Waals surface area contributed by atoms with Gasteiger partial charge in [-0.25, -0.2) is 4.79 Å². The number of hydrogen-bond donors (Lipinski definition) is 12. The summed E-state index contributed by atoms with van der Waals surface area (Å²) in [6.45, 7) is -2.28. The van der Waals surface area contributed by atoms with Crippen LogP contribution in [0.5, 0.6) is 40.2 Å². The first-order chi connectivity index (χ1) is 37.8. The van der Waals surface area contributed by atoms with Gasteiger partial charge in [-0.15, -0.1) is 0 Å². The highest BCUT2D eigenvalue weighted by Gasteiger charge is 2.53. The summed E-state index contributed by atoms with van der Waals surface area (Å²) in [4.78, 5) is 36.8. The van der Waals surface area contributed by atoms with E-state index in [0.29, 0.717) is 11.1 Å². The molecule has 79 heavy (non-hydrogen) atoms. The molecule has 0 amide bonds. The van der Waals surface area contributed by atoms with Crippen LogP contribution in [0.1, 0.15) is 11.1 Å². The molecule has 0 bridgehead atoms. The highest BCUT2D eigenvalue weighted by atomic mass is 16.8. The largest absolute Gasteiger partial charge is 0.510 e. The molecular weight excluding hydrogens is 1050 g/mol. The van der Waals surface area contributed by atoms with Crippen molar-refractivity contribution in [3.63, 3.8) is 0 Å². The van der Waals surface area contributed by atoms with Gasteiger partial charge < -0.3 is 118 Å². The van der Waals surface area contributed by atoms with Gasteiger partial charge in [0, 0.05) is 23.8 Å².